The molecule has 0 bridgehead atoms. The summed E-state index contributed by atoms with van der Waals surface area (Å²) in [4.78, 5) is 23.3. The molecular weight excluding hydrogens is 246 g/mol. The van der Waals surface area contributed by atoms with Crippen molar-refractivity contribution in [3.8, 4) is 0 Å². The number of aromatic nitrogens is 3. The molecule has 0 saturated carbocycles. The van der Waals surface area contributed by atoms with E-state index in [1.54, 1.807) is 22.9 Å². The van der Waals surface area contributed by atoms with Crippen LogP contribution >= 0.6 is 0 Å². The summed E-state index contributed by atoms with van der Waals surface area (Å²) in [6.07, 6.45) is 3.03. The van der Waals surface area contributed by atoms with Gasteiger partial charge in [-0.25, -0.2) is 4.79 Å². The van der Waals surface area contributed by atoms with E-state index < -0.39 is 11.4 Å². The van der Waals surface area contributed by atoms with E-state index in [2.05, 4.69) is 10.2 Å². The first-order chi connectivity index (χ1) is 9.13. The first kappa shape index (κ1) is 11.5. The summed E-state index contributed by atoms with van der Waals surface area (Å²) in [7, 11) is 0. The molecule has 1 aromatic carbocycles. The molecule has 0 aliphatic heterocycles. The summed E-state index contributed by atoms with van der Waals surface area (Å²) in [6.45, 7) is 2.47. The van der Waals surface area contributed by atoms with E-state index in [1.165, 1.54) is 6.20 Å². The van der Waals surface area contributed by atoms with E-state index in [0.29, 0.717) is 17.4 Å². The summed E-state index contributed by atoms with van der Waals surface area (Å²) in [5.74, 6) is -1.21. The molecule has 0 aliphatic carbocycles. The second kappa shape index (κ2) is 3.94. The molecule has 2 aromatic heterocycles. The molecule has 0 amide bonds. The fourth-order valence-electron chi connectivity index (χ4n) is 2.32. The van der Waals surface area contributed by atoms with Gasteiger partial charge in [0.15, 0.2) is 0 Å². The maximum atomic E-state index is 12.2. The first-order valence-corrected chi connectivity index (χ1v) is 5.86. The molecular formula is C13H11N3O3. The Hall–Kier alpha value is -2.63. The number of carboxylic acids is 1. The molecule has 0 fully saturated rings. The molecule has 6 nitrogen and oxygen atoms in total. The van der Waals surface area contributed by atoms with Gasteiger partial charge in [0.25, 0.3) is 0 Å². The number of aromatic carboxylic acids is 1. The number of hydrogen-bond donors (Lipinski definition) is 2. The Kier molecular flexibility index (Phi) is 2.38. The van der Waals surface area contributed by atoms with Crippen molar-refractivity contribution in [2.75, 3.05) is 0 Å². The lowest BCUT2D eigenvalue weighted by atomic mass is 10.1. The molecule has 6 heteroatoms. The van der Waals surface area contributed by atoms with Crippen molar-refractivity contribution >= 4 is 27.8 Å². The Morgan fingerprint density at radius 1 is 1.42 bits per heavy atom. The van der Waals surface area contributed by atoms with Gasteiger partial charge < -0.3 is 9.67 Å². The molecule has 0 atom stereocenters. The molecule has 0 aliphatic rings. The van der Waals surface area contributed by atoms with E-state index in [4.69, 9.17) is 5.11 Å². The van der Waals surface area contributed by atoms with E-state index in [-0.39, 0.29) is 5.56 Å². The monoisotopic (exact) mass is 257 g/mol. The highest BCUT2D eigenvalue weighted by molar-refractivity contribution is 6.05. The minimum atomic E-state index is -1.21. The van der Waals surface area contributed by atoms with Gasteiger partial charge in [0, 0.05) is 23.5 Å². The predicted molar refractivity (Wildman–Crippen MR) is 70.5 cm³/mol. The molecule has 3 rings (SSSR count). The average molecular weight is 257 g/mol. The van der Waals surface area contributed by atoms with E-state index >= 15 is 0 Å². The minimum Gasteiger partial charge on any atom is -0.477 e. The second-order valence-corrected chi connectivity index (χ2v) is 4.26. The van der Waals surface area contributed by atoms with Crippen molar-refractivity contribution in [3.63, 3.8) is 0 Å². The van der Waals surface area contributed by atoms with Crippen LogP contribution in [0.3, 0.4) is 0 Å². The maximum Gasteiger partial charge on any atom is 0.341 e. The van der Waals surface area contributed by atoms with Gasteiger partial charge in [-0.15, -0.1) is 0 Å². The number of aryl methyl sites for hydroxylation is 1. The Morgan fingerprint density at radius 3 is 2.89 bits per heavy atom. The largest absolute Gasteiger partial charge is 0.477 e. The molecule has 0 spiro atoms. The van der Waals surface area contributed by atoms with Crippen molar-refractivity contribution in [1.82, 2.24) is 14.8 Å². The van der Waals surface area contributed by atoms with Gasteiger partial charge in [-0.2, -0.15) is 5.10 Å². The highest BCUT2D eigenvalue weighted by atomic mass is 16.4. The van der Waals surface area contributed by atoms with Crippen LogP contribution in [0.15, 0.2) is 29.3 Å². The van der Waals surface area contributed by atoms with Gasteiger partial charge in [-0.3, -0.25) is 9.89 Å². The molecule has 0 radical (unpaired) electrons. The number of carboxylic acid groups (broad SMARTS) is 1. The molecule has 2 heterocycles. The normalized spacial score (nSPS) is 11.2. The zero-order valence-corrected chi connectivity index (χ0v) is 10.2. The van der Waals surface area contributed by atoms with E-state index in [1.807, 2.05) is 6.92 Å². The van der Waals surface area contributed by atoms with Crippen LogP contribution in [0.2, 0.25) is 0 Å². The van der Waals surface area contributed by atoms with Crippen molar-refractivity contribution in [1.29, 1.82) is 0 Å². The van der Waals surface area contributed by atoms with Crippen LogP contribution in [0.4, 0.5) is 0 Å². The number of nitrogens with one attached hydrogen (secondary N) is 1. The highest BCUT2D eigenvalue weighted by Gasteiger charge is 2.16. The Bertz CT molecular complexity index is 861. The lowest BCUT2D eigenvalue weighted by molar-refractivity contribution is 0.0695. The summed E-state index contributed by atoms with van der Waals surface area (Å²) in [6, 6.07) is 3.37. The van der Waals surface area contributed by atoms with Gasteiger partial charge >= 0.3 is 5.97 Å². The third-order valence-corrected chi connectivity index (χ3v) is 3.23. The fraction of sp³-hybridized carbons (Fsp3) is 0.154. The lowest BCUT2D eigenvalue weighted by Crippen LogP contribution is -2.18. The van der Waals surface area contributed by atoms with Crippen LogP contribution in [-0.4, -0.2) is 25.8 Å². The fourth-order valence-corrected chi connectivity index (χ4v) is 2.32. The second-order valence-electron chi connectivity index (χ2n) is 4.26. The van der Waals surface area contributed by atoms with Crippen LogP contribution in [0.1, 0.15) is 17.3 Å². The van der Waals surface area contributed by atoms with Crippen LogP contribution < -0.4 is 5.43 Å². The SMILES string of the molecule is CCn1cc(C(=O)O)c(=O)c2ccc3[nH]ncc3c21. The van der Waals surface area contributed by atoms with Crippen LogP contribution in [-0.2, 0) is 6.54 Å². The molecule has 0 saturated heterocycles. The number of pyridine rings is 1. The average Bonchev–Trinajstić information content (AvgIpc) is 2.87. The molecule has 96 valence electrons. The Labute approximate surface area is 107 Å². The third kappa shape index (κ3) is 1.53. The van der Waals surface area contributed by atoms with E-state index in [0.717, 1.165) is 10.9 Å². The van der Waals surface area contributed by atoms with Crippen LogP contribution in [0.5, 0.6) is 0 Å². The number of benzene rings is 1. The Morgan fingerprint density at radius 2 is 2.21 bits per heavy atom. The lowest BCUT2D eigenvalue weighted by Gasteiger charge is -2.10. The van der Waals surface area contributed by atoms with Crippen LogP contribution in [0.25, 0.3) is 21.8 Å². The summed E-state index contributed by atoms with van der Waals surface area (Å²) in [5, 5.41) is 17.1. The smallest absolute Gasteiger partial charge is 0.341 e. The number of carbonyl (C=O) groups is 1. The van der Waals surface area contributed by atoms with Crippen molar-refractivity contribution in [3.05, 3.63) is 40.3 Å². The number of hydrogen-bond acceptors (Lipinski definition) is 3. The highest BCUT2D eigenvalue weighted by Crippen LogP contribution is 2.22. The van der Waals surface area contributed by atoms with Crippen molar-refractivity contribution < 1.29 is 9.90 Å². The number of nitrogens with zero attached hydrogens (tertiary/aromatic N) is 2. The summed E-state index contributed by atoms with van der Waals surface area (Å²) < 4.78 is 1.76. The number of aromatic amines is 1. The number of H-pyrrole nitrogens is 1. The minimum absolute atomic E-state index is 0.211. The number of rotatable bonds is 2. The maximum absolute atomic E-state index is 12.2. The van der Waals surface area contributed by atoms with Gasteiger partial charge in [-0.05, 0) is 19.1 Å². The third-order valence-electron chi connectivity index (χ3n) is 3.23. The van der Waals surface area contributed by atoms with Gasteiger partial charge in [-0.1, -0.05) is 0 Å². The topological polar surface area (TPSA) is 88.0 Å². The zero-order valence-electron chi connectivity index (χ0n) is 10.2. The first-order valence-electron chi connectivity index (χ1n) is 5.86. The summed E-state index contributed by atoms with van der Waals surface area (Å²) in [5.41, 5.74) is 0.855. The Balaban J connectivity index is 2.59. The summed E-state index contributed by atoms with van der Waals surface area (Å²) >= 11 is 0. The van der Waals surface area contributed by atoms with Gasteiger partial charge in [0.05, 0.1) is 17.2 Å². The van der Waals surface area contributed by atoms with E-state index in [9.17, 15) is 9.59 Å². The molecule has 19 heavy (non-hydrogen) atoms. The predicted octanol–water partition coefficient (Wildman–Crippen LogP) is 1.60. The van der Waals surface area contributed by atoms with Gasteiger partial charge in [0.2, 0.25) is 5.43 Å². The molecule has 3 aromatic rings. The standard InChI is InChI=1S/C13H11N3O3/c1-2-16-6-9(13(18)19)12(17)7-3-4-10-8(11(7)16)5-14-15-10/h3-6H,2H2,1H3,(H,14,15)(H,18,19). The van der Waals surface area contributed by atoms with Crippen molar-refractivity contribution in [2.24, 2.45) is 0 Å². The number of fused-ring (bicyclic) bond motifs is 3. The quantitative estimate of drug-likeness (QED) is 0.729. The van der Waals surface area contributed by atoms with Crippen molar-refractivity contribution in [2.45, 2.75) is 13.5 Å². The van der Waals surface area contributed by atoms with Gasteiger partial charge in [0.1, 0.15) is 5.56 Å². The molecule has 0 unspecified atom stereocenters. The zero-order chi connectivity index (χ0) is 13.6. The van der Waals surface area contributed by atoms with Crippen LogP contribution in [0, 0.1) is 0 Å². The molecule has 2 N–H and O–H groups in total.